The second kappa shape index (κ2) is 5.97. The minimum Gasteiger partial charge on any atom is -0.340 e. The summed E-state index contributed by atoms with van der Waals surface area (Å²) in [5.41, 5.74) is 1.09. The molecule has 1 rings (SSSR count). The molecule has 0 N–H and O–H groups in total. The van der Waals surface area contributed by atoms with Gasteiger partial charge in [0.1, 0.15) is 0 Å². The minimum absolute atomic E-state index is 0.481. The number of ether oxygens (including phenoxy) is 2. The Morgan fingerprint density at radius 2 is 1.92 bits per heavy atom. The molecule has 0 aliphatic carbocycles. The van der Waals surface area contributed by atoms with Crippen LogP contribution in [0.25, 0.3) is 0 Å². The molecule has 2 nitrogen and oxygen atoms in total. The van der Waals surface area contributed by atoms with Crippen LogP contribution in [0.15, 0.2) is 30.3 Å². The van der Waals surface area contributed by atoms with E-state index in [9.17, 15) is 0 Å². The Balaban J connectivity index is 2.27. The molecule has 0 saturated heterocycles. The van der Waals surface area contributed by atoms with Crippen molar-refractivity contribution in [2.24, 2.45) is 0 Å². The fraction of sp³-hybridized carbons (Fsp3) is 0.400. The Hall–Kier alpha value is -0.570. The Bertz CT molecular complexity index is 226. The number of rotatable bonds is 5. The van der Waals surface area contributed by atoms with Gasteiger partial charge in [-0.2, -0.15) is 0 Å². The van der Waals surface area contributed by atoms with E-state index in [1.54, 1.807) is 0 Å². The Labute approximate surface area is 83.4 Å². The molecule has 72 valence electrons. The van der Waals surface area contributed by atoms with Crippen molar-refractivity contribution in [1.82, 2.24) is 0 Å². The van der Waals surface area contributed by atoms with Gasteiger partial charge < -0.3 is 9.47 Å². The van der Waals surface area contributed by atoms with Crippen LogP contribution in [0.1, 0.15) is 12.5 Å². The van der Waals surface area contributed by atoms with Crippen LogP contribution >= 0.6 is 11.6 Å². The first-order valence-corrected chi connectivity index (χ1v) is 4.67. The van der Waals surface area contributed by atoms with Crippen molar-refractivity contribution < 1.29 is 9.47 Å². The largest absolute Gasteiger partial charge is 0.340 e. The third kappa shape index (κ3) is 4.27. The topological polar surface area (TPSA) is 18.5 Å². The molecule has 1 aromatic carbocycles. The molecule has 0 aromatic heterocycles. The molecular formula is C10H13ClO2. The van der Waals surface area contributed by atoms with E-state index in [-0.39, 0.29) is 0 Å². The van der Waals surface area contributed by atoms with E-state index in [1.807, 2.05) is 37.3 Å². The lowest BCUT2D eigenvalue weighted by molar-refractivity contribution is -0.0915. The van der Waals surface area contributed by atoms with Gasteiger partial charge in [0.25, 0.3) is 0 Å². The van der Waals surface area contributed by atoms with Crippen molar-refractivity contribution in [3.63, 3.8) is 0 Å². The second-order valence-corrected chi connectivity index (χ2v) is 2.88. The van der Waals surface area contributed by atoms with Gasteiger partial charge in [-0.25, -0.2) is 0 Å². The van der Waals surface area contributed by atoms with Crippen LogP contribution in [0.2, 0.25) is 0 Å². The first-order valence-electron chi connectivity index (χ1n) is 4.24. The highest BCUT2D eigenvalue weighted by Gasteiger charge is 2.02. The van der Waals surface area contributed by atoms with Crippen LogP contribution in [-0.2, 0) is 16.1 Å². The zero-order valence-electron chi connectivity index (χ0n) is 7.57. The average molecular weight is 201 g/mol. The fourth-order valence-corrected chi connectivity index (χ4v) is 1.10. The maximum absolute atomic E-state index is 5.69. The SMILES string of the molecule is CCOC(Cl)OCc1ccccc1. The predicted octanol–water partition coefficient (Wildman–Crippen LogP) is 2.76. The highest BCUT2D eigenvalue weighted by molar-refractivity contribution is 6.18. The number of halogens is 1. The van der Waals surface area contributed by atoms with E-state index >= 15 is 0 Å². The van der Waals surface area contributed by atoms with Gasteiger partial charge in [0, 0.05) is 6.61 Å². The van der Waals surface area contributed by atoms with Crippen molar-refractivity contribution >= 4 is 11.6 Å². The van der Waals surface area contributed by atoms with Gasteiger partial charge in [-0.1, -0.05) is 41.9 Å². The molecule has 0 aliphatic heterocycles. The standard InChI is InChI=1S/C10H13ClO2/c1-2-12-10(11)13-8-9-6-4-3-5-7-9/h3-7,10H,2,8H2,1H3. The van der Waals surface area contributed by atoms with Gasteiger partial charge in [-0.05, 0) is 12.5 Å². The van der Waals surface area contributed by atoms with Gasteiger partial charge in [-0.15, -0.1) is 0 Å². The van der Waals surface area contributed by atoms with Crippen molar-refractivity contribution in [3.8, 4) is 0 Å². The summed E-state index contributed by atoms with van der Waals surface area (Å²) in [6, 6.07) is 9.85. The van der Waals surface area contributed by atoms with Crippen molar-refractivity contribution in [2.75, 3.05) is 6.61 Å². The van der Waals surface area contributed by atoms with Crippen molar-refractivity contribution in [2.45, 2.75) is 19.3 Å². The van der Waals surface area contributed by atoms with E-state index in [2.05, 4.69) is 0 Å². The lowest BCUT2D eigenvalue weighted by Gasteiger charge is -2.10. The first kappa shape index (κ1) is 10.5. The number of hydrogen-bond donors (Lipinski definition) is 0. The molecule has 0 saturated carbocycles. The third-order valence-corrected chi connectivity index (χ3v) is 1.77. The molecule has 13 heavy (non-hydrogen) atoms. The molecule has 0 radical (unpaired) electrons. The van der Waals surface area contributed by atoms with Crippen LogP contribution in [0, 0.1) is 0 Å². The van der Waals surface area contributed by atoms with Gasteiger partial charge in [0.15, 0.2) is 0 Å². The highest BCUT2D eigenvalue weighted by Crippen LogP contribution is 2.06. The molecular weight excluding hydrogens is 188 g/mol. The summed E-state index contributed by atoms with van der Waals surface area (Å²) in [6.07, 6.45) is 0. The summed E-state index contributed by atoms with van der Waals surface area (Å²) in [5, 5.41) is 0. The zero-order valence-corrected chi connectivity index (χ0v) is 8.33. The quantitative estimate of drug-likeness (QED) is 0.538. The van der Waals surface area contributed by atoms with E-state index in [4.69, 9.17) is 21.1 Å². The monoisotopic (exact) mass is 200 g/mol. The van der Waals surface area contributed by atoms with Gasteiger partial charge in [-0.3, -0.25) is 0 Å². The van der Waals surface area contributed by atoms with Gasteiger partial charge in [0.05, 0.1) is 6.61 Å². The van der Waals surface area contributed by atoms with Crippen LogP contribution in [0.3, 0.4) is 0 Å². The normalized spacial score (nSPS) is 12.8. The number of hydrogen-bond acceptors (Lipinski definition) is 2. The minimum atomic E-state index is -0.648. The smallest absolute Gasteiger partial charge is 0.237 e. The summed E-state index contributed by atoms with van der Waals surface area (Å²) >= 11 is 5.69. The van der Waals surface area contributed by atoms with Crippen LogP contribution in [0.5, 0.6) is 0 Å². The average Bonchev–Trinajstić information content (AvgIpc) is 2.17. The molecule has 0 aliphatic rings. The Morgan fingerprint density at radius 3 is 2.54 bits per heavy atom. The Kier molecular flexibility index (Phi) is 4.83. The van der Waals surface area contributed by atoms with Crippen molar-refractivity contribution in [1.29, 1.82) is 0 Å². The zero-order chi connectivity index (χ0) is 9.52. The van der Waals surface area contributed by atoms with Crippen LogP contribution in [-0.4, -0.2) is 12.4 Å². The molecule has 1 unspecified atom stereocenters. The fourth-order valence-electron chi connectivity index (χ4n) is 0.915. The van der Waals surface area contributed by atoms with E-state index in [0.717, 1.165) is 5.56 Å². The highest BCUT2D eigenvalue weighted by atomic mass is 35.5. The molecule has 0 fully saturated rings. The van der Waals surface area contributed by atoms with Crippen LogP contribution < -0.4 is 0 Å². The first-order chi connectivity index (χ1) is 6.33. The van der Waals surface area contributed by atoms with E-state index in [0.29, 0.717) is 13.2 Å². The maximum atomic E-state index is 5.69. The molecule has 3 heteroatoms. The third-order valence-electron chi connectivity index (χ3n) is 1.52. The van der Waals surface area contributed by atoms with E-state index < -0.39 is 5.75 Å². The number of benzene rings is 1. The lowest BCUT2D eigenvalue weighted by atomic mass is 10.2. The number of alkyl halides is 1. The van der Waals surface area contributed by atoms with Crippen LogP contribution in [0.4, 0.5) is 0 Å². The Morgan fingerprint density at radius 1 is 1.23 bits per heavy atom. The summed E-state index contributed by atoms with van der Waals surface area (Å²) in [4.78, 5) is 0. The summed E-state index contributed by atoms with van der Waals surface area (Å²) in [7, 11) is 0. The predicted molar refractivity (Wildman–Crippen MR) is 52.5 cm³/mol. The molecule has 0 spiro atoms. The molecule has 0 heterocycles. The lowest BCUT2D eigenvalue weighted by Crippen LogP contribution is -2.09. The van der Waals surface area contributed by atoms with Gasteiger partial charge in [0.2, 0.25) is 5.75 Å². The second-order valence-electron chi connectivity index (χ2n) is 2.53. The molecule has 1 aromatic rings. The molecule has 1 atom stereocenters. The molecule has 0 amide bonds. The summed E-state index contributed by atoms with van der Waals surface area (Å²) < 4.78 is 10.2. The van der Waals surface area contributed by atoms with Crippen molar-refractivity contribution in [3.05, 3.63) is 35.9 Å². The molecule has 0 bridgehead atoms. The van der Waals surface area contributed by atoms with E-state index in [1.165, 1.54) is 0 Å². The maximum Gasteiger partial charge on any atom is 0.237 e. The summed E-state index contributed by atoms with van der Waals surface area (Å²) in [5.74, 6) is -0.648. The van der Waals surface area contributed by atoms with Gasteiger partial charge >= 0.3 is 0 Å². The summed E-state index contributed by atoms with van der Waals surface area (Å²) in [6.45, 7) is 2.92.